The first kappa shape index (κ1) is 44.3. The topological polar surface area (TPSA) is 56.7 Å². The lowest BCUT2D eigenvalue weighted by Gasteiger charge is -2.21. The minimum absolute atomic E-state index is 0.0391. The predicted molar refractivity (Wildman–Crippen MR) is 313 cm³/mol. The molecule has 5 heteroatoms. The second-order valence-corrected chi connectivity index (χ2v) is 19.9. The lowest BCUT2D eigenvalue weighted by atomic mass is 9.82. The molecule has 75 heavy (non-hydrogen) atoms. The Bertz CT molecular complexity index is 4600. The maximum atomic E-state index is 6.43. The molecule has 15 rings (SSSR count). The van der Waals surface area contributed by atoms with Gasteiger partial charge >= 0.3 is 0 Å². The molecule has 3 heterocycles. The molecule has 0 fully saturated rings. The minimum Gasteiger partial charge on any atom is -0.456 e. The van der Waals surface area contributed by atoms with Crippen LogP contribution in [0.4, 0.5) is 0 Å². The number of benzene rings is 11. The summed E-state index contributed by atoms with van der Waals surface area (Å²) in [4.78, 5) is 16.2. The molecule has 356 valence electrons. The molecule has 0 atom stereocenters. The van der Waals surface area contributed by atoms with Crippen molar-refractivity contribution in [1.29, 1.82) is 0 Å². The molecule has 1 aliphatic carbocycles. The summed E-state index contributed by atoms with van der Waals surface area (Å²) in [6.45, 7) is 8.67. The van der Waals surface area contributed by atoms with E-state index in [0.717, 1.165) is 82.5 Å². The Morgan fingerprint density at radius 3 is 1.63 bits per heavy atom. The first-order chi connectivity index (χ1) is 36.9. The second-order valence-electron chi connectivity index (χ2n) is 19.9. The van der Waals surface area contributed by atoms with Gasteiger partial charge in [0.05, 0.1) is 11.0 Å². The van der Waals surface area contributed by atoms with Gasteiger partial charge in [-0.3, -0.25) is 4.57 Å². The Hall–Kier alpha value is -9.45. The van der Waals surface area contributed by atoms with Gasteiger partial charge in [0, 0.05) is 49.0 Å². The van der Waals surface area contributed by atoms with E-state index in [1.54, 1.807) is 0 Å². The summed E-state index contributed by atoms with van der Waals surface area (Å²) in [6.07, 6.45) is 0. The molecule has 0 bridgehead atoms. The molecule has 0 aliphatic heterocycles. The van der Waals surface area contributed by atoms with Gasteiger partial charge < -0.3 is 4.42 Å². The highest BCUT2D eigenvalue weighted by Crippen LogP contribution is 2.50. The number of para-hydroxylation sites is 2. The molecule has 0 radical (unpaired) electrons. The Kier molecular flexibility index (Phi) is 10.2. The second kappa shape index (κ2) is 17.4. The van der Waals surface area contributed by atoms with Crippen molar-refractivity contribution >= 4 is 65.3 Å². The van der Waals surface area contributed by atoms with E-state index in [4.69, 9.17) is 19.4 Å². The number of aromatic nitrogens is 4. The summed E-state index contributed by atoms with van der Waals surface area (Å²) in [5, 5.41) is 9.07. The quantitative estimate of drug-likeness (QED) is 0.156. The standard InChI is InChI=1S/C68H44N4O.C2H6/c1-68(2)58-31-12-10-25-51(58)57-39-45(34-36-59(57)68)43-20-14-19-42(37-43)44-21-15-22-46(38-44)48-29-16-30-56-62-54-27-8-6-23-49(54)50-24-7-9-28-55(50)64(62)72(63(48)56)67-70-65(41-17-4-3-5-18-41)69-66(71-67)47-33-35-53-52-26-11-13-32-60(52)73-61(53)40-47;1-2/h3-40H,1-2H3;1-2H3. The molecule has 0 spiro atoms. The van der Waals surface area contributed by atoms with E-state index in [1.165, 1.54) is 49.5 Å². The summed E-state index contributed by atoms with van der Waals surface area (Å²) in [5.74, 6) is 1.67. The summed E-state index contributed by atoms with van der Waals surface area (Å²) < 4.78 is 8.74. The number of nitrogens with zero attached hydrogens (tertiary/aromatic N) is 4. The molecule has 11 aromatic carbocycles. The van der Waals surface area contributed by atoms with E-state index in [2.05, 4.69) is 213 Å². The van der Waals surface area contributed by atoms with Gasteiger partial charge in [-0.25, -0.2) is 4.98 Å². The zero-order valence-electron chi connectivity index (χ0n) is 42.1. The summed E-state index contributed by atoms with van der Waals surface area (Å²) in [7, 11) is 0. The van der Waals surface area contributed by atoms with Crippen LogP contribution in [-0.2, 0) is 5.41 Å². The molecule has 1 aliphatic rings. The van der Waals surface area contributed by atoms with Crippen LogP contribution >= 0.6 is 0 Å². The van der Waals surface area contributed by atoms with Crippen LogP contribution in [0.25, 0.3) is 139 Å². The zero-order chi connectivity index (χ0) is 50.4. The first-order valence-corrected chi connectivity index (χ1v) is 26.0. The maximum absolute atomic E-state index is 6.43. The van der Waals surface area contributed by atoms with E-state index in [1.807, 2.05) is 50.2 Å². The van der Waals surface area contributed by atoms with Gasteiger partial charge in [0.15, 0.2) is 11.6 Å². The van der Waals surface area contributed by atoms with E-state index in [0.29, 0.717) is 17.6 Å². The fourth-order valence-electron chi connectivity index (χ4n) is 12.0. The van der Waals surface area contributed by atoms with Gasteiger partial charge in [0.25, 0.3) is 0 Å². The molecular weight excluding hydrogens is 913 g/mol. The average molecular weight is 963 g/mol. The number of furan rings is 1. The van der Waals surface area contributed by atoms with Gasteiger partial charge in [-0.15, -0.1) is 0 Å². The molecule has 14 aromatic rings. The normalized spacial score (nSPS) is 12.6. The lowest BCUT2D eigenvalue weighted by Crippen LogP contribution is -2.14. The van der Waals surface area contributed by atoms with E-state index >= 15 is 0 Å². The Morgan fingerprint density at radius 2 is 0.853 bits per heavy atom. The maximum Gasteiger partial charge on any atom is 0.238 e. The molecule has 0 unspecified atom stereocenters. The van der Waals surface area contributed by atoms with Crippen molar-refractivity contribution in [2.75, 3.05) is 0 Å². The van der Waals surface area contributed by atoms with Gasteiger partial charge in [0.2, 0.25) is 5.95 Å². The van der Waals surface area contributed by atoms with Gasteiger partial charge in [-0.2, -0.15) is 9.97 Å². The number of rotatable bonds is 6. The monoisotopic (exact) mass is 962 g/mol. The van der Waals surface area contributed by atoms with Crippen LogP contribution in [0.5, 0.6) is 0 Å². The molecule has 0 saturated heterocycles. The Morgan fingerprint density at radius 1 is 0.333 bits per heavy atom. The predicted octanol–water partition coefficient (Wildman–Crippen LogP) is 18.8. The summed E-state index contributed by atoms with van der Waals surface area (Å²) in [6, 6.07) is 82.7. The van der Waals surface area contributed by atoms with E-state index < -0.39 is 0 Å². The van der Waals surface area contributed by atoms with Gasteiger partial charge in [-0.05, 0) is 103 Å². The largest absolute Gasteiger partial charge is 0.456 e. The van der Waals surface area contributed by atoms with E-state index in [9.17, 15) is 0 Å². The van der Waals surface area contributed by atoms with Crippen molar-refractivity contribution in [1.82, 2.24) is 19.5 Å². The van der Waals surface area contributed by atoms with Crippen LogP contribution in [0.15, 0.2) is 235 Å². The van der Waals surface area contributed by atoms with Crippen LogP contribution in [0.1, 0.15) is 38.8 Å². The molecule has 0 saturated carbocycles. The van der Waals surface area contributed by atoms with Crippen molar-refractivity contribution in [2.24, 2.45) is 0 Å². The first-order valence-electron chi connectivity index (χ1n) is 26.0. The number of hydrogen-bond acceptors (Lipinski definition) is 4. The summed E-state index contributed by atoms with van der Waals surface area (Å²) in [5.41, 5.74) is 17.7. The van der Waals surface area contributed by atoms with Crippen LogP contribution < -0.4 is 0 Å². The van der Waals surface area contributed by atoms with Crippen molar-refractivity contribution in [3.05, 3.63) is 242 Å². The Labute approximate surface area is 435 Å². The molecule has 3 aromatic heterocycles. The van der Waals surface area contributed by atoms with Crippen molar-refractivity contribution < 1.29 is 4.42 Å². The van der Waals surface area contributed by atoms with Crippen molar-refractivity contribution in [3.63, 3.8) is 0 Å². The molecule has 0 N–H and O–H groups in total. The fraction of sp³-hybridized carbons (Fsp3) is 0.0714. The van der Waals surface area contributed by atoms with Crippen LogP contribution in [0.2, 0.25) is 0 Å². The number of hydrogen-bond donors (Lipinski definition) is 0. The fourth-order valence-corrected chi connectivity index (χ4v) is 12.0. The van der Waals surface area contributed by atoms with Gasteiger partial charge in [0.1, 0.15) is 11.2 Å². The highest BCUT2D eigenvalue weighted by atomic mass is 16.3. The average Bonchev–Trinajstić information content (AvgIpc) is 4.11. The van der Waals surface area contributed by atoms with Crippen LogP contribution in [-0.4, -0.2) is 19.5 Å². The zero-order valence-corrected chi connectivity index (χ0v) is 42.1. The van der Waals surface area contributed by atoms with Crippen molar-refractivity contribution in [3.8, 4) is 73.2 Å². The van der Waals surface area contributed by atoms with Crippen LogP contribution in [0, 0.1) is 0 Å². The number of fused-ring (bicyclic) bond motifs is 14. The van der Waals surface area contributed by atoms with Crippen molar-refractivity contribution in [2.45, 2.75) is 33.1 Å². The third-order valence-electron chi connectivity index (χ3n) is 15.4. The molecule has 0 amide bonds. The third kappa shape index (κ3) is 6.96. The highest BCUT2D eigenvalue weighted by molar-refractivity contribution is 6.33. The molecule has 5 nitrogen and oxygen atoms in total. The molecular formula is C70H50N4O. The van der Waals surface area contributed by atoms with Gasteiger partial charge in [-0.1, -0.05) is 222 Å². The SMILES string of the molecule is CC.CC1(C)c2ccccc2-c2cc(-c3cccc(-c4cccc(-c5cccc6c7c8ccccc8c8ccccc8c7n(-c7nc(-c8ccccc8)nc(-c8ccc9c(c8)oc8ccccc89)n7)c56)c4)c3)ccc21. The lowest BCUT2D eigenvalue weighted by molar-refractivity contribution is 0.660. The Balaban J connectivity index is 0.00000255. The van der Waals surface area contributed by atoms with Crippen LogP contribution in [0.3, 0.4) is 0 Å². The minimum atomic E-state index is -0.0391. The van der Waals surface area contributed by atoms with E-state index in [-0.39, 0.29) is 5.41 Å². The summed E-state index contributed by atoms with van der Waals surface area (Å²) >= 11 is 0. The highest BCUT2D eigenvalue weighted by Gasteiger charge is 2.35. The smallest absolute Gasteiger partial charge is 0.238 e. The third-order valence-corrected chi connectivity index (χ3v) is 15.4.